The number of hydrogen-bond donors (Lipinski definition) is 0. The van der Waals surface area contributed by atoms with Crippen molar-refractivity contribution in [1.29, 1.82) is 0 Å². The minimum Gasteiger partial charge on any atom is -0.434 e. The molecule has 0 bridgehead atoms. The molecule has 6 atom stereocenters. The molecule has 8 heteroatoms. The fraction of sp³-hybridized carbons (Fsp3) is 0.938. The molecular formula is C16H25NO7. The second kappa shape index (κ2) is 5.36. The monoisotopic (exact) mass is 343 g/mol. The lowest BCUT2D eigenvalue weighted by atomic mass is 10.0. The van der Waals surface area contributed by atoms with Crippen molar-refractivity contribution >= 4 is 5.97 Å². The van der Waals surface area contributed by atoms with Gasteiger partial charge in [0.2, 0.25) is 6.29 Å². The molecular weight excluding hydrogens is 318 g/mol. The summed E-state index contributed by atoms with van der Waals surface area (Å²) in [5.74, 6) is -1.66. The Bertz CT molecular complexity index is 537. The number of esters is 1. The zero-order valence-corrected chi connectivity index (χ0v) is 14.7. The molecule has 0 saturated carbocycles. The number of nitrogens with zero attached hydrogens (tertiary/aromatic N) is 1. The van der Waals surface area contributed by atoms with Crippen molar-refractivity contribution in [2.24, 2.45) is 0 Å². The molecule has 0 amide bonds. The molecule has 4 aliphatic rings. The minimum absolute atomic E-state index is 0.0431. The molecule has 0 radical (unpaired) electrons. The molecule has 0 N–H and O–H groups in total. The molecule has 4 rings (SSSR count). The topological polar surface area (TPSA) is 75.7 Å². The average molecular weight is 343 g/mol. The summed E-state index contributed by atoms with van der Waals surface area (Å²) in [6, 6.07) is -0.220. The standard InChI is InChI=1S/C16H25NO7/c1-8(18)20-11-6-9-13-14(23-16(4,5)22-13)12(17(9)24-11)10-7-19-15(2,3)21-10/h9-14H,6-7H2,1-5H3/t9-,10+,11-,12+,13-,14+/m0/s1. The first-order valence-electron chi connectivity index (χ1n) is 8.45. The third kappa shape index (κ3) is 2.75. The van der Waals surface area contributed by atoms with E-state index >= 15 is 0 Å². The molecule has 24 heavy (non-hydrogen) atoms. The summed E-state index contributed by atoms with van der Waals surface area (Å²) in [7, 11) is 0. The van der Waals surface area contributed by atoms with Gasteiger partial charge in [-0.1, -0.05) is 0 Å². The Hall–Kier alpha value is -0.770. The zero-order valence-electron chi connectivity index (χ0n) is 14.7. The zero-order chi connectivity index (χ0) is 17.3. The van der Waals surface area contributed by atoms with Crippen LogP contribution >= 0.6 is 0 Å². The maximum Gasteiger partial charge on any atom is 0.304 e. The van der Waals surface area contributed by atoms with Crippen molar-refractivity contribution in [2.45, 2.75) is 89.3 Å². The lowest BCUT2D eigenvalue weighted by Gasteiger charge is -2.31. The summed E-state index contributed by atoms with van der Waals surface area (Å²) in [5.41, 5.74) is 0. The van der Waals surface area contributed by atoms with Gasteiger partial charge >= 0.3 is 5.97 Å². The van der Waals surface area contributed by atoms with Crippen molar-refractivity contribution in [3.8, 4) is 0 Å². The van der Waals surface area contributed by atoms with Crippen molar-refractivity contribution in [2.75, 3.05) is 6.61 Å². The molecule has 0 aromatic carbocycles. The molecule has 8 nitrogen and oxygen atoms in total. The van der Waals surface area contributed by atoms with Gasteiger partial charge in [-0.25, -0.2) is 0 Å². The number of rotatable bonds is 2. The third-order valence-electron chi connectivity index (χ3n) is 4.88. The summed E-state index contributed by atoms with van der Waals surface area (Å²) < 4.78 is 29.2. The molecule has 0 aliphatic carbocycles. The average Bonchev–Trinajstić information content (AvgIpc) is 3.10. The van der Waals surface area contributed by atoms with E-state index in [1.807, 2.05) is 32.8 Å². The molecule has 4 aliphatic heterocycles. The quantitative estimate of drug-likeness (QED) is 0.686. The number of carbonyl (C=O) groups excluding carboxylic acids is 1. The number of hydroxylamine groups is 2. The molecule has 136 valence electrons. The largest absolute Gasteiger partial charge is 0.434 e. The maximum atomic E-state index is 11.3. The second-order valence-electron chi connectivity index (χ2n) is 7.73. The normalized spacial score (nSPS) is 46.0. The van der Waals surface area contributed by atoms with Crippen LogP contribution in [0.4, 0.5) is 0 Å². The van der Waals surface area contributed by atoms with Gasteiger partial charge in [-0.3, -0.25) is 9.63 Å². The Morgan fingerprint density at radius 2 is 1.79 bits per heavy atom. The second-order valence-corrected chi connectivity index (χ2v) is 7.73. The highest BCUT2D eigenvalue weighted by Crippen LogP contribution is 2.47. The highest BCUT2D eigenvalue weighted by molar-refractivity contribution is 5.66. The third-order valence-corrected chi connectivity index (χ3v) is 4.88. The van der Waals surface area contributed by atoms with Crippen LogP contribution in [0, 0.1) is 0 Å². The van der Waals surface area contributed by atoms with Crippen molar-refractivity contribution in [1.82, 2.24) is 5.06 Å². The van der Waals surface area contributed by atoms with Crippen LogP contribution in [0.3, 0.4) is 0 Å². The van der Waals surface area contributed by atoms with Crippen molar-refractivity contribution in [3.05, 3.63) is 0 Å². The predicted octanol–water partition coefficient (Wildman–Crippen LogP) is 0.935. The van der Waals surface area contributed by atoms with E-state index in [9.17, 15) is 4.79 Å². The van der Waals surface area contributed by atoms with Gasteiger partial charge in [0.25, 0.3) is 0 Å². The van der Waals surface area contributed by atoms with Crippen LogP contribution in [0.25, 0.3) is 0 Å². The SMILES string of the molecule is CC(=O)O[C@@H]1C[C@H]2[C@@H]3OC(C)(C)O[C@@H]3[C@@H]([C@H]3COC(C)(C)O3)N2O1. The summed E-state index contributed by atoms with van der Waals surface area (Å²) >= 11 is 0. The van der Waals surface area contributed by atoms with Crippen LogP contribution < -0.4 is 0 Å². The summed E-state index contributed by atoms with van der Waals surface area (Å²) in [6.45, 7) is 9.42. The van der Waals surface area contributed by atoms with E-state index in [-0.39, 0.29) is 36.4 Å². The first-order valence-corrected chi connectivity index (χ1v) is 8.45. The van der Waals surface area contributed by atoms with Gasteiger partial charge in [-0.05, 0) is 27.7 Å². The molecule has 4 fully saturated rings. The van der Waals surface area contributed by atoms with E-state index in [0.29, 0.717) is 13.0 Å². The lowest BCUT2D eigenvalue weighted by molar-refractivity contribution is -0.273. The van der Waals surface area contributed by atoms with E-state index in [2.05, 4.69) is 0 Å². The predicted molar refractivity (Wildman–Crippen MR) is 79.4 cm³/mol. The van der Waals surface area contributed by atoms with Gasteiger partial charge in [0.1, 0.15) is 18.3 Å². The number of carbonyl (C=O) groups is 1. The van der Waals surface area contributed by atoms with E-state index in [4.69, 9.17) is 28.5 Å². The van der Waals surface area contributed by atoms with Gasteiger partial charge in [-0.2, -0.15) is 5.06 Å². The fourth-order valence-electron chi connectivity index (χ4n) is 4.17. The first kappa shape index (κ1) is 16.7. The highest BCUT2D eigenvalue weighted by Gasteiger charge is 2.65. The molecule has 0 aromatic rings. The minimum atomic E-state index is -0.659. The molecule has 0 aromatic heterocycles. The van der Waals surface area contributed by atoms with Crippen LogP contribution in [0.2, 0.25) is 0 Å². The van der Waals surface area contributed by atoms with Gasteiger partial charge in [-0.15, -0.1) is 0 Å². The van der Waals surface area contributed by atoms with Gasteiger partial charge < -0.3 is 23.7 Å². The molecule has 4 saturated heterocycles. The Morgan fingerprint density at radius 1 is 1.08 bits per heavy atom. The Kier molecular flexibility index (Phi) is 3.73. The maximum absolute atomic E-state index is 11.3. The Labute approximate surface area is 141 Å². The van der Waals surface area contributed by atoms with Gasteiger partial charge in [0.05, 0.1) is 18.7 Å². The van der Waals surface area contributed by atoms with Gasteiger partial charge in [0, 0.05) is 13.3 Å². The highest BCUT2D eigenvalue weighted by atomic mass is 16.8. The van der Waals surface area contributed by atoms with E-state index in [0.717, 1.165) is 0 Å². The Balaban J connectivity index is 1.58. The number of hydrogen-bond acceptors (Lipinski definition) is 8. The smallest absolute Gasteiger partial charge is 0.304 e. The van der Waals surface area contributed by atoms with E-state index < -0.39 is 17.9 Å². The van der Waals surface area contributed by atoms with Crippen molar-refractivity contribution < 1.29 is 33.3 Å². The molecule has 4 heterocycles. The lowest BCUT2D eigenvalue weighted by Crippen LogP contribution is -2.48. The summed E-state index contributed by atoms with van der Waals surface area (Å²) in [6.07, 6.45) is -0.582. The van der Waals surface area contributed by atoms with Crippen LogP contribution in [-0.2, 0) is 33.3 Å². The van der Waals surface area contributed by atoms with Crippen molar-refractivity contribution in [3.63, 3.8) is 0 Å². The fourth-order valence-corrected chi connectivity index (χ4v) is 4.17. The molecule has 0 spiro atoms. The van der Waals surface area contributed by atoms with Gasteiger partial charge in [0.15, 0.2) is 11.6 Å². The van der Waals surface area contributed by atoms with Crippen LogP contribution in [0.15, 0.2) is 0 Å². The first-order chi connectivity index (χ1) is 11.2. The Morgan fingerprint density at radius 3 is 2.42 bits per heavy atom. The number of ether oxygens (including phenoxy) is 5. The number of fused-ring (bicyclic) bond motifs is 3. The summed E-state index contributed by atoms with van der Waals surface area (Å²) in [5, 5.41) is 1.84. The van der Waals surface area contributed by atoms with Crippen LogP contribution in [-0.4, -0.2) is 65.9 Å². The van der Waals surface area contributed by atoms with Crippen LogP contribution in [0.1, 0.15) is 41.0 Å². The molecule has 0 unspecified atom stereocenters. The van der Waals surface area contributed by atoms with E-state index in [1.54, 1.807) is 0 Å². The van der Waals surface area contributed by atoms with Crippen LogP contribution in [0.5, 0.6) is 0 Å². The summed E-state index contributed by atoms with van der Waals surface area (Å²) in [4.78, 5) is 17.1. The van der Waals surface area contributed by atoms with E-state index in [1.165, 1.54) is 6.92 Å².